The van der Waals surface area contributed by atoms with E-state index in [1.165, 1.54) is 12.1 Å². The summed E-state index contributed by atoms with van der Waals surface area (Å²) in [6, 6.07) is 24.2. The second kappa shape index (κ2) is 10.2. The lowest BCUT2D eigenvalue weighted by Gasteiger charge is -2.05. The lowest BCUT2D eigenvalue weighted by molar-refractivity contribution is -0.384. The summed E-state index contributed by atoms with van der Waals surface area (Å²) in [6.07, 6.45) is 6.08. The maximum absolute atomic E-state index is 12.8. The molecule has 0 saturated carbocycles. The van der Waals surface area contributed by atoms with Gasteiger partial charge in [0.2, 0.25) is 0 Å². The van der Waals surface area contributed by atoms with E-state index in [1.807, 2.05) is 71.6 Å². The number of para-hydroxylation sites is 2. The van der Waals surface area contributed by atoms with Crippen LogP contribution in [0.1, 0.15) is 16.7 Å². The van der Waals surface area contributed by atoms with Gasteiger partial charge in [-0.15, -0.1) is 0 Å². The first-order valence-corrected chi connectivity index (χ1v) is 11.8. The summed E-state index contributed by atoms with van der Waals surface area (Å²) in [7, 11) is 0. The minimum absolute atomic E-state index is 0.0252. The van der Waals surface area contributed by atoms with Crippen molar-refractivity contribution in [1.82, 2.24) is 14.9 Å². The summed E-state index contributed by atoms with van der Waals surface area (Å²) >= 11 is 0. The molecule has 37 heavy (non-hydrogen) atoms. The maximum Gasteiger partial charge on any atom is 0.269 e. The maximum atomic E-state index is 12.8. The highest BCUT2D eigenvalue weighted by Crippen LogP contribution is 2.25. The third-order valence-corrected chi connectivity index (χ3v) is 6.34. The standard InChI is InChI=1S/C29H23N5O3/c30-16-22(29(35)31-14-13-21-17-32-27-7-3-1-5-25(21)27)15-23-19-33(28-8-4-2-6-26(23)28)18-20-9-11-24(12-10-20)34(36)37/h1-12,15,17,19,32H,13-14,18H2,(H,31,35)/b22-15-. The van der Waals surface area contributed by atoms with E-state index >= 15 is 0 Å². The number of benzene rings is 3. The van der Waals surface area contributed by atoms with Crippen LogP contribution in [0.4, 0.5) is 5.69 Å². The molecule has 0 unspecified atom stereocenters. The Balaban J connectivity index is 1.34. The number of nitrogens with zero attached hydrogens (tertiary/aromatic N) is 3. The molecule has 5 aromatic rings. The van der Waals surface area contributed by atoms with E-state index in [4.69, 9.17) is 0 Å². The molecule has 0 bridgehead atoms. The van der Waals surface area contributed by atoms with Crippen LogP contribution in [-0.2, 0) is 17.8 Å². The SMILES string of the molecule is N#C/C(=C/c1cn(Cc2ccc([N+](=O)[O-])cc2)c2ccccc12)C(=O)NCCc1c[nH]c2ccccc12. The zero-order chi connectivity index (χ0) is 25.8. The first-order chi connectivity index (χ1) is 18.0. The summed E-state index contributed by atoms with van der Waals surface area (Å²) in [5.74, 6) is -0.422. The van der Waals surface area contributed by atoms with Crippen LogP contribution in [0.5, 0.6) is 0 Å². The van der Waals surface area contributed by atoms with Crippen LogP contribution in [0.25, 0.3) is 27.9 Å². The van der Waals surface area contributed by atoms with Crippen molar-refractivity contribution in [3.63, 3.8) is 0 Å². The second-order valence-electron chi connectivity index (χ2n) is 8.69. The van der Waals surface area contributed by atoms with Crippen LogP contribution in [0.2, 0.25) is 0 Å². The molecule has 3 aromatic carbocycles. The quantitative estimate of drug-likeness (QED) is 0.132. The van der Waals surface area contributed by atoms with Gasteiger partial charge in [-0.2, -0.15) is 5.26 Å². The average molecular weight is 490 g/mol. The summed E-state index contributed by atoms with van der Waals surface area (Å²) in [6.45, 7) is 0.895. The van der Waals surface area contributed by atoms with Crippen molar-refractivity contribution in [2.75, 3.05) is 6.54 Å². The molecule has 0 aliphatic heterocycles. The molecule has 8 heteroatoms. The smallest absolute Gasteiger partial charge is 0.269 e. The Bertz CT molecular complexity index is 1690. The van der Waals surface area contributed by atoms with Crippen molar-refractivity contribution < 1.29 is 9.72 Å². The number of hydrogen-bond donors (Lipinski definition) is 2. The number of non-ortho nitro benzene ring substituents is 1. The van der Waals surface area contributed by atoms with Crippen molar-refractivity contribution in [2.24, 2.45) is 0 Å². The number of carbonyl (C=O) groups excluding carboxylic acids is 1. The van der Waals surface area contributed by atoms with Gasteiger partial charge in [-0.3, -0.25) is 14.9 Å². The van der Waals surface area contributed by atoms with Gasteiger partial charge in [0, 0.05) is 65.0 Å². The van der Waals surface area contributed by atoms with Crippen molar-refractivity contribution in [2.45, 2.75) is 13.0 Å². The first-order valence-electron chi connectivity index (χ1n) is 11.8. The fraction of sp³-hybridized carbons (Fsp3) is 0.103. The number of rotatable bonds is 8. The van der Waals surface area contributed by atoms with Gasteiger partial charge in [-0.1, -0.05) is 48.5 Å². The van der Waals surface area contributed by atoms with E-state index in [2.05, 4.69) is 10.3 Å². The molecule has 0 aliphatic rings. The highest BCUT2D eigenvalue weighted by atomic mass is 16.6. The predicted octanol–water partition coefficient (Wildman–Crippen LogP) is 5.34. The summed E-state index contributed by atoms with van der Waals surface area (Å²) in [5, 5.41) is 25.6. The first kappa shape index (κ1) is 23.6. The Labute approximate surface area is 212 Å². The van der Waals surface area contributed by atoms with Crippen LogP contribution in [0, 0.1) is 21.4 Å². The number of nitro benzene ring substituents is 1. The number of nitrogens with one attached hydrogen (secondary N) is 2. The Morgan fingerprint density at radius 1 is 1.05 bits per heavy atom. The average Bonchev–Trinajstić information content (AvgIpc) is 3.49. The van der Waals surface area contributed by atoms with Crippen LogP contribution < -0.4 is 5.32 Å². The molecular formula is C29H23N5O3. The van der Waals surface area contributed by atoms with Gasteiger partial charge >= 0.3 is 0 Å². The molecular weight excluding hydrogens is 466 g/mol. The second-order valence-corrected chi connectivity index (χ2v) is 8.69. The Morgan fingerprint density at radius 3 is 2.54 bits per heavy atom. The largest absolute Gasteiger partial charge is 0.361 e. The molecule has 0 aliphatic carbocycles. The van der Waals surface area contributed by atoms with Gasteiger partial charge in [-0.05, 0) is 35.8 Å². The van der Waals surface area contributed by atoms with Crippen molar-refractivity contribution in [1.29, 1.82) is 5.26 Å². The highest BCUT2D eigenvalue weighted by Gasteiger charge is 2.13. The molecule has 0 atom stereocenters. The summed E-state index contributed by atoms with van der Waals surface area (Å²) < 4.78 is 2.01. The number of hydrogen-bond acceptors (Lipinski definition) is 4. The van der Waals surface area contributed by atoms with Crippen LogP contribution in [0.15, 0.2) is 90.8 Å². The van der Waals surface area contributed by atoms with Gasteiger partial charge in [0.25, 0.3) is 11.6 Å². The van der Waals surface area contributed by atoms with Gasteiger partial charge in [0.1, 0.15) is 11.6 Å². The normalized spacial score (nSPS) is 11.5. The number of nitriles is 1. The molecule has 0 radical (unpaired) electrons. The Hall–Kier alpha value is -5.16. The summed E-state index contributed by atoms with van der Waals surface area (Å²) in [4.78, 5) is 26.6. The third-order valence-electron chi connectivity index (χ3n) is 6.34. The Morgan fingerprint density at radius 2 is 1.78 bits per heavy atom. The fourth-order valence-electron chi connectivity index (χ4n) is 4.49. The fourth-order valence-corrected chi connectivity index (χ4v) is 4.49. The predicted molar refractivity (Wildman–Crippen MR) is 143 cm³/mol. The van der Waals surface area contributed by atoms with Gasteiger partial charge < -0.3 is 14.9 Å². The van der Waals surface area contributed by atoms with Gasteiger partial charge in [-0.25, -0.2) is 0 Å². The third kappa shape index (κ3) is 4.97. The van der Waals surface area contributed by atoms with E-state index in [0.717, 1.165) is 38.5 Å². The van der Waals surface area contributed by atoms with Crippen LogP contribution >= 0.6 is 0 Å². The lowest BCUT2D eigenvalue weighted by atomic mass is 10.1. The molecule has 0 saturated heterocycles. The van der Waals surface area contributed by atoms with Crippen LogP contribution in [-0.4, -0.2) is 26.9 Å². The molecule has 2 N–H and O–H groups in total. The van der Waals surface area contributed by atoms with E-state index in [-0.39, 0.29) is 11.3 Å². The van der Waals surface area contributed by atoms with Crippen molar-refractivity contribution >= 4 is 39.5 Å². The minimum atomic E-state index is -0.424. The Kier molecular flexibility index (Phi) is 6.51. The highest BCUT2D eigenvalue weighted by molar-refractivity contribution is 6.04. The number of aromatic amines is 1. The molecule has 1 amide bonds. The molecule has 5 rings (SSSR count). The molecule has 2 heterocycles. The van der Waals surface area contributed by atoms with Gasteiger partial charge in [0.15, 0.2) is 0 Å². The van der Waals surface area contributed by atoms with E-state index in [0.29, 0.717) is 19.5 Å². The molecule has 0 spiro atoms. The number of aromatic nitrogens is 2. The number of carbonyl (C=O) groups is 1. The molecule has 8 nitrogen and oxygen atoms in total. The molecule has 2 aromatic heterocycles. The van der Waals surface area contributed by atoms with E-state index < -0.39 is 10.8 Å². The van der Waals surface area contributed by atoms with E-state index in [1.54, 1.807) is 18.2 Å². The minimum Gasteiger partial charge on any atom is -0.361 e. The van der Waals surface area contributed by atoms with Gasteiger partial charge in [0.05, 0.1) is 4.92 Å². The molecule has 0 fully saturated rings. The van der Waals surface area contributed by atoms with Crippen molar-refractivity contribution in [3.8, 4) is 6.07 Å². The topological polar surface area (TPSA) is 117 Å². The zero-order valence-corrected chi connectivity index (χ0v) is 19.8. The number of H-pyrrole nitrogens is 1. The molecule has 182 valence electrons. The summed E-state index contributed by atoms with van der Waals surface area (Å²) in [5.41, 5.74) is 4.80. The zero-order valence-electron chi connectivity index (χ0n) is 19.8. The monoisotopic (exact) mass is 489 g/mol. The number of nitro groups is 1. The number of amides is 1. The van der Waals surface area contributed by atoms with E-state index in [9.17, 15) is 20.2 Å². The number of fused-ring (bicyclic) bond motifs is 2. The van der Waals surface area contributed by atoms with Crippen molar-refractivity contribution in [3.05, 3.63) is 118 Å². The van der Waals surface area contributed by atoms with Crippen LogP contribution in [0.3, 0.4) is 0 Å². The lowest BCUT2D eigenvalue weighted by Crippen LogP contribution is -2.26.